The zero-order chi connectivity index (χ0) is 15.6. The van der Waals surface area contributed by atoms with Crippen molar-refractivity contribution >= 4 is 23.1 Å². The Labute approximate surface area is 130 Å². The standard InChI is InChI=1S/C16H20ClN3O/c1-10-6-7-12(21-5)11(8-10)18-14-9-13(17)19-15(20-14)16(2,3)4/h6-9H,1-5H3,(H,18,19,20). The summed E-state index contributed by atoms with van der Waals surface area (Å²) in [6.45, 7) is 8.18. The van der Waals surface area contributed by atoms with Crippen LogP contribution in [-0.2, 0) is 5.41 Å². The van der Waals surface area contributed by atoms with Crippen LogP contribution in [0.25, 0.3) is 0 Å². The Bertz CT molecular complexity index is 650. The molecule has 2 aromatic rings. The van der Waals surface area contributed by atoms with Crippen LogP contribution in [0.4, 0.5) is 11.5 Å². The van der Waals surface area contributed by atoms with Crippen molar-refractivity contribution in [3.8, 4) is 5.75 Å². The van der Waals surface area contributed by atoms with Gasteiger partial charge in [-0.25, -0.2) is 9.97 Å². The van der Waals surface area contributed by atoms with Gasteiger partial charge in [-0.15, -0.1) is 0 Å². The predicted octanol–water partition coefficient (Wildman–Crippen LogP) is 4.49. The van der Waals surface area contributed by atoms with E-state index in [0.29, 0.717) is 16.8 Å². The number of ether oxygens (including phenoxy) is 1. The minimum Gasteiger partial charge on any atom is -0.495 e. The molecule has 1 heterocycles. The first-order chi connectivity index (χ1) is 9.79. The number of hydrogen-bond acceptors (Lipinski definition) is 4. The van der Waals surface area contributed by atoms with Crippen molar-refractivity contribution in [2.45, 2.75) is 33.1 Å². The number of methoxy groups -OCH3 is 1. The first-order valence-electron chi connectivity index (χ1n) is 6.76. The van der Waals surface area contributed by atoms with Crippen LogP contribution < -0.4 is 10.1 Å². The summed E-state index contributed by atoms with van der Waals surface area (Å²) in [7, 11) is 1.64. The maximum absolute atomic E-state index is 6.10. The Morgan fingerprint density at radius 2 is 1.86 bits per heavy atom. The quantitative estimate of drug-likeness (QED) is 0.849. The molecule has 1 aromatic heterocycles. The summed E-state index contributed by atoms with van der Waals surface area (Å²) in [5.74, 6) is 2.11. The van der Waals surface area contributed by atoms with Gasteiger partial charge in [-0.1, -0.05) is 38.4 Å². The highest BCUT2D eigenvalue weighted by atomic mass is 35.5. The predicted molar refractivity (Wildman–Crippen MR) is 86.8 cm³/mol. The largest absolute Gasteiger partial charge is 0.495 e. The lowest BCUT2D eigenvalue weighted by molar-refractivity contribution is 0.416. The Morgan fingerprint density at radius 1 is 1.14 bits per heavy atom. The highest BCUT2D eigenvalue weighted by Gasteiger charge is 2.19. The summed E-state index contributed by atoms with van der Waals surface area (Å²) in [6.07, 6.45) is 0. The molecule has 112 valence electrons. The second-order valence-electron chi connectivity index (χ2n) is 5.98. The summed E-state index contributed by atoms with van der Waals surface area (Å²) >= 11 is 6.10. The topological polar surface area (TPSA) is 47.0 Å². The van der Waals surface area contributed by atoms with Gasteiger partial charge in [0, 0.05) is 11.5 Å². The molecule has 0 bridgehead atoms. The summed E-state index contributed by atoms with van der Waals surface area (Å²) in [6, 6.07) is 7.63. The van der Waals surface area contributed by atoms with Crippen molar-refractivity contribution in [1.29, 1.82) is 0 Å². The maximum Gasteiger partial charge on any atom is 0.142 e. The summed E-state index contributed by atoms with van der Waals surface area (Å²) in [5, 5.41) is 3.68. The van der Waals surface area contributed by atoms with Gasteiger partial charge in [0.15, 0.2) is 0 Å². The molecular formula is C16H20ClN3O. The van der Waals surface area contributed by atoms with Crippen molar-refractivity contribution in [2.75, 3.05) is 12.4 Å². The number of halogens is 1. The highest BCUT2D eigenvalue weighted by Crippen LogP contribution is 2.29. The highest BCUT2D eigenvalue weighted by molar-refractivity contribution is 6.29. The number of nitrogens with one attached hydrogen (secondary N) is 1. The van der Waals surface area contributed by atoms with E-state index in [9.17, 15) is 0 Å². The normalized spacial score (nSPS) is 11.3. The third-order valence-electron chi connectivity index (χ3n) is 2.98. The Kier molecular flexibility index (Phi) is 4.37. The average molecular weight is 306 g/mol. The van der Waals surface area contributed by atoms with E-state index in [1.54, 1.807) is 13.2 Å². The summed E-state index contributed by atoms with van der Waals surface area (Å²) in [4.78, 5) is 8.83. The number of nitrogens with zero attached hydrogens (tertiary/aromatic N) is 2. The fourth-order valence-electron chi connectivity index (χ4n) is 1.87. The number of anilines is 2. The molecule has 0 atom stereocenters. The molecule has 0 fully saturated rings. The minimum atomic E-state index is -0.169. The number of aryl methyl sites for hydroxylation is 1. The van der Waals surface area contributed by atoms with Gasteiger partial charge in [-0.3, -0.25) is 0 Å². The van der Waals surface area contributed by atoms with Crippen LogP contribution in [-0.4, -0.2) is 17.1 Å². The summed E-state index contributed by atoms with van der Waals surface area (Å²) < 4.78 is 5.36. The number of rotatable bonds is 3. The van der Waals surface area contributed by atoms with Crippen molar-refractivity contribution in [3.63, 3.8) is 0 Å². The number of benzene rings is 1. The van der Waals surface area contributed by atoms with Gasteiger partial charge in [0.2, 0.25) is 0 Å². The van der Waals surface area contributed by atoms with Crippen LogP contribution in [0.15, 0.2) is 24.3 Å². The van der Waals surface area contributed by atoms with Gasteiger partial charge in [0.1, 0.15) is 22.5 Å². The van der Waals surface area contributed by atoms with E-state index >= 15 is 0 Å². The molecule has 0 radical (unpaired) electrons. The molecule has 0 aliphatic rings. The number of aromatic nitrogens is 2. The van der Waals surface area contributed by atoms with Crippen LogP contribution in [0.1, 0.15) is 32.2 Å². The first kappa shape index (κ1) is 15.6. The summed E-state index contributed by atoms with van der Waals surface area (Å²) in [5.41, 5.74) is 1.82. The third-order valence-corrected chi connectivity index (χ3v) is 3.18. The Hall–Kier alpha value is -1.81. The van der Waals surface area contributed by atoms with Gasteiger partial charge < -0.3 is 10.1 Å². The van der Waals surface area contributed by atoms with Gasteiger partial charge in [0.05, 0.1) is 12.8 Å². The van der Waals surface area contributed by atoms with E-state index in [4.69, 9.17) is 16.3 Å². The van der Waals surface area contributed by atoms with E-state index in [2.05, 4.69) is 36.1 Å². The Balaban J connectivity index is 2.40. The SMILES string of the molecule is COc1ccc(C)cc1Nc1cc(Cl)nc(C(C)(C)C)n1. The molecule has 1 N–H and O–H groups in total. The molecular weight excluding hydrogens is 286 g/mol. The van der Waals surface area contributed by atoms with Gasteiger partial charge in [-0.2, -0.15) is 0 Å². The fraction of sp³-hybridized carbons (Fsp3) is 0.375. The van der Waals surface area contributed by atoms with Crippen molar-refractivity contribution < 1.29 is 4.74 Å². The average Bonchev–Trinajstić information content (AvgIpc) is 2.37. The third kappa shape index (κ3) is 3.85. The maximum atomic E-state index is 6.10. The second kappa shape index (κ2) is 5.90. The Morgan fingerprint density at radius 3 is 2.48 bits per heavy atom. The van der Waals surface area contributed by atoms with Crippen LogP contribution in [0.2, 0.25) is 5.15 Å². The van der Waals surface area contributed by atoms with E-state index in [1.165, 1.54) is 0 Å². The fourth-order valence-corrected chi connectivity index (χ4v) is 2.06. The lowest BCUT2D eigenvalue weighted by Crippen LogP contribution is -2.16. The van der Waals surface area contributed by atoms with Crippen molar-refractivity contribution in [2.24, 2.45) is 0 Å². The smallest absolute Gasteiger partial charge is 0.142 e. The van der Waals surface area contributed by atoms with Crippen molar-refractivity contribution in [1.82, 2.24) is 9.97 Å². The van der Waals surface area contributed by atoms with Crippen LogP contribution in [0.5, 0.6) is 5.75 Å². The molecule has 0 amide bonds. The molecule has 0 spiro atoms. The zero-order valence-electron chi connectivity index (χ0n) is 13.0. The molecule has 1 aromatic carbocycles. The van der Waals surface area contributed by atoms with Crippen molar-refractivity contribution in [3.05, 3.63) is 40.8 Å². The molecule has 0 aliphatic heterocycles. The lowest BCUT2D eigenvalue weighted by atomic mass is 9.96. The number of hydrogen-bond donors (Lipinski definition) is 1. The molecule has 0 aliphatic carbocycles. The van der Waals surface area contributed by atoms with Crippen LogP contribution in [0, 0.1) is 6.92 Å². The van der Waals surface area contributed by atoms with E-state index < -0.39 is 0 Å². The van der Waals surface area contributed by atoms with E-state index in [0.717, 1.165) is 17.0 Å². The molecule has 4 nitrogen and oxygen atoms in total. The molecule has 2 rings (SSSR count). The minimum absolute atomic E-state index is 0.169. The lowest BCUT2D eigenvalue weighted by Gasteiger charge is -2.18. The van der Waals surface area contributed by atoms with Gasteiger partial charge >= 0.3 is 0 Å². The van der Waals surface area contributed by atoms with Gasteiger partial charge in [0.25, 0.3) is 0 Å². The first-order valence-corrected chi connectivity index (χ1v) is 7.14. The van der Waals surface area contributed by atoms with Crippen LogP contribution >= 0.6 is 11.6 Å². The van der Waals surface area contributed by atoms with Gasteiger partial charge in [-0.05, 0) is 24.6 Å². The zero-order valence-corrected chi connectivity index (χ0v) is 13.7. The second-order valence-corrected chi connectivity index (χ2v) is 6.37. The molecule has 0 unspecified atom stereocenters. The van der Waals surface area contributed by atoms with E-state index in [-0.39, 0.29) is 5.41 Å². The van der Waals surface area contributed by atoms with E-state index in [1.807, 2.05) is 25.1 Å². The molecule has 5 heteroatoms. The monoisotopic (exact) mass is 305 g/mol. The molecule has 0 saturated carbocycles. The molecule has 21 heavy (non-hydrogen) atoms. The van der Waals surface area contributed by atoms with Crippen LogP contribution in [0.3, 0.4) is 0 Å². The molecule has 0 saturated heterocycles.